The number of benzene rings is 1. The molecule has 0 aliphatic rings. The topological polar surface area (TPSA) is 9.23 Å². The van der Waals surface area contributed by atoms with Gasteiger partial charge in [0.25, 0.3) is 0 Å². The van der Waals surface area contributed by atoms with Crippen LogP contribution in [0.2, 0.25) is 24.7 Å². The van der Waals surface area contributed by atoms with E-state index in [1.165, 1.54) is 0 Å². The minimum atomic E-state index is -1.51. The van der Waals surface area contributed by atoms with Crippen LogP contribution < -0.4 is 4.43 Å². The molecule has 1 aromatic carbocycles. The van der Waals surface area contributed by atoms with Crippen LogP contribution in [0.1, 0.15) is 11.1 Å². The highest BCUT2D eigenvalue weighted by Crippen LogP contribution is 2.27. The van der Waals surface area contributed by atoms with Crippen molar-refractivity contribution in [1.29, 1.82) is 0 Å². The summed E-state index contributed by atoms with van der Waals surface area (Å²) < 4.78 is 5.95. The molecule has 0 N–H and O–H groups in total. The van der Waals surface area contributed by atoms with E-state index in [-0.39, 0.29) is 0 Å². The second-order valence-corrected chi connectivity index (χ2v) is 9.42. The van der Waals surface area contributed by atoms with Crippen molar-refractivity contribution in [1.82, 2.24) is 0 Å². The molecule has 14 heavy (non-hydrogen) atoms. The van der Waals surface area contributed by atoms with Crippen LogP contribution in [-0.2, 0) is 0 Å². The molecule has 0 radical (unpaired) electrons. The van der Waals surface area contributed by atoms with Crippen molar-refractivity contribution in [2.24, 2.45) is 0 Å². The monoisotopic (exact) mass is 228 g/mol. The lowest BCUT2D eigenvalue weighted by Crippen LogP contribution is -2.29. The molecule has 0 fully saturated rings. The van der Waals surface area contributed by atoms with Crippen LogP contribution in [-0.4, -0.2) is 8.32 Å². The molecule has 1 nitrogen and oxygen atoms in total. The van der Waals surface area contributed by atoms with Crippen LogP contribution in [0, 0.1) is 13.8 Å². The maximum atomic E-state index is 6.01. The molecule has 0 aliphatic carbocycles. The number of halogens is 1. The normalized spacial score (nSPS) is 11.6. The fourth-order valence-corrected chi connectivity index (χ4v) is 2.29. The molecule has 0 saturated carbocycles. The quantitative estimate of drug-likeness (QED) is 0.691. The Bertz CT molecular complexity index is 342. The van der Waals surface area contributed by atoms with Crippen LogP contribution in [0.4, 0.5) is 0 Å². The van der Waals surface area contributed by atoms with Gasteiger partial charge in [-0.1, -0.05) is 11.6 Å². The second-order valence-electron chi connectivity index (χ2n) is 4.58. The summed E-state index contributed by atoms with van der Waals surface area (Å²) in [5.41, 5.74) is 2.19. The lowest BCUT2D eigenvalue weighted by Gasteiger charge is -2.21. The van der Waals surface area contributed by atoms with Gasteiger partial charge < -0.3 is 4.43 Å². The summed E-state index contributed by atoms with van der Waals surface area (Å²) >= 11 is 6.01. The fraction of sp³-hybridized carbons (Fsp3) is 0.455. The maximum absolute atomic E-state index is 6.01. The number of aryl methyl sites for hydroxylation is 2. The Kier molecular flexibility index (Phi) is 3.27. The summed E-state index contributed by atoms with van der Waals surface area (Å²) in [6.45, 7) is 10.6. The van der Waals surface area contributed by atoms with E-state index in [9.17, 15) is 0 Å². The Hall–Kier alpha value is -0.473. The van der Waals surface area contributed by atoms with Gasteiger partial charge in [0, 0.05) is 5.02 Å². The average molecular weight is 229 g/mol. The molecule has 0 heterocycles. The highest BCUT2D eigenvalue weighted by atomic mass is 35.5. The van der Waals surface area contributed by atoms with E-state index in [1.54, 1.807) is 0 Å². The summed E-state index contributed by atoms with van der Waals surface area (Å²) in [5.74, 6) is 0.978. The molecule has 0 aliphatic heterocycles. The van der Waals surface area contributed by atoms with Gasteiger partial charge in [0.05, 0.1) is 0 Å². The Morgan fingerprint density at radius 1 is 1.07 bits per heavy atom. The lowest BCUT2D eigenvalue weighted by molar-refractivity contribution is 0.552. The molecule has 1 aromatic rings. The minimum Gasteiger partial charge on any atom is -0.544 e. The summed E-state index contributed by atoms with van der Waals surface area (Å²) in [4.78, 5) is 0. The molecule has 78 valence electrons. The molecule has 0 bridgehead atoms. The van der Waals surface area contributed by atoms with E-state index in [0.29, 0.717) is 0 Å². The maximum Gasteiger partial charge on any atom is 0.242 e. The van der Waals surface area contributed by atoms with E-state index in [2.05, 4.69) is 19.6 Å². The number of hydrogen-bond donors (Lipinski definition) is 0. The van der Waals surface area contributed by atoms with Crippen molar-refractivity contribution >= 4 is 19.9 Å². The highest BCUT2D eigenvalue weighted by Gasteiger charge is 2.17. The van der Waals surface area contributed by atoms with E-state index in [0.717, 1.165) is 21.9 Å². The Labute approximate surface area is 92.2 Å². The Morgan fingerprint density at radius 2 is 1.64 bits per heavy atom. The first-order valence-corrected chi connectivity index (χ1v) is 8.54. The molecule has 0 spiro atoms. The summed E-state index contributed by atoms with van der Waals surface area (Å²) in [7, 11) is -1.51. The predicted octanol–water partition coefficient (Wildman–Crippen LogP) is 4.17. The molecule has 0 amide bonds. The molecular formula is C11H17ClOSi. The van der Waals surface area contributed by atoms with Gasteiger partial charge >= 0.3 is 0 Å². The predicted molar refractivity (Wildman–Crippen MR) is 64.9 cm³/mol. The minimum absolute atomic E-state index is 0.811. The zero-order valence-electron chi connectivity index (χ0n) is 9.44. The van der Waals surface area contributed by atoms with E-state index < -0.39 is 8.32 Å². The SMILES string of the molecule is Cc1cc(O[Si](C)(C)C)c(C)cc1Cl. The van der Waals surface area contributed by atoms with Crippen molar-refractivity contribution in [3.05, 3.63) is 28.3 Å². The largest absolute Gasteiger partial charge is 0.544 e. The van der Waals surface area contributed by atoms with Gasteiger partial charge in [0.15, 0.2) is 0 Å². The Balaban J connectivity index is 3.04. The van der Waals surface area contributed by atoms with Gasteiger partial charge in [-0.25, -0.2) is 0 Å². The molecular weight excluding hydrogens is 212 g/mol. The number of hydrogen-bond acceptors (Lipinski definition) is 1. The zero-order chi connectivity index (χ0) is 10.9. The molecule has 0 saturated heterocycles. The molecule has 3 heteroatoms. The summed E-state index contributed by atoms with van der Waals surface area (Å²) in [6, 6.07) is 3.99. The van der Waals surface area contributed by atoms with Crippen molar-refractivity contribution in [3.63, 3.8) is 0 Å². The van der Waals surface area contributed by atoms with Crippen LogP contribution >= 0.6 is 11.6 Å². The van der Waals surface area contributed by atoms with E-state index in [4.69, 9.17) is 16.0 Å². The smallest absolute Gasteiger partial charge is 0.242 e. The van der Waals surface area contributed by atoms with Crippen LogP contribution in [0.5, 0.6) is 5.75 Å². The van der Waals surface area contributed by atoms with Crippen molar-refractivity contribution < 1.29 is 4.43 Å². The average Bonchev–Trinajstić information content (AvgIpc) is 1.97. The van der Waals surface area contributed by atoms with Gasteiger partial charge in [-0.05, 0) is 56.7 Å². The third kappa shape index (κ3) is 3.03. The first kappa shape index (κ1) is 11.6. The lowest BCUT2D eigenvalue weighted by atomic mass is 10.1. The van der Waals surface area contributed by atoms with Gasteiger partial charge in [-0.15, -0.1) is 0 Å². The summed E-state index contributed by atoms with van der Waals surface area (Å²) in [6.07, 6.45) is 0. The van der Waals surface area contributed by atoms with Crippen molar-refractivity contribution in [2.45, 2.75) is 33.5 Å². The van der Waals surface area contributed by atoms with Crippen LogP contribution in [0.25, 0.3) is 0 Å². The standard InChI is InChI=1S/C11H17ClOSi/c1-8-7-11(13-14(3,4)5)9(2)6-10(8)12/h6-7H,1-5H3. The van der Waals surface area contributed by atoms with Gasteiger partial charge in [0.1, 0.15) is 5.75 Å². The molecule has 0 atom stereocenters. The van der Waals surface area contributed by atoms with Gasteiger partial charge in [0.2, 0.25) is 8.32 Å². The third-order valence-corrected chi connectivity index (χ3v) is 3.11. The van der Waals surface area contributed by atoms with E-state index in [1.807, 2.05) is 26.0 Å². The number of rotatable bonds is 2. The second kappa shape index (κ2) is 3.95. The first-order chi connectivity index (χ1) is 6.29. The van der Waals surface area contributed by atoms with E-state index >= 15 is 0 Å². The molecule has 0 aromatic heterocycles. The highest BCUT2D eigenvalue weighted by molar-refractivity contribution is 6.70. The van der Waals surface area contributed by atoms with Gasteiger partial charge in [-0.2, -0.15) is 0 Å². The van der Waals surface area contributed by atoms with Crippen molar-refractivity contribution in [2.75, 3.05) is 0 Å². The van der Waals surface area contributed by atoms with Gasteiger partial charge in [-0.3, -0.25) is 0 Å². The Morgan fingerprint density at radius 3 is 2.14 bits per heavy atom. The molecule has 0 unspecified atom stereocenters. The fourth-order valence-electron chi connectivity index (χ4n) is 1.19. The van der Waals surface area contributed by atoms with Crippen LogP contribution in [0.15, 0.2) is 12.1 Å². The van der Waals surface area contributed by atoms with Crippen LogP contribution in [0.3, 0.4) is 0 Å². The summed E-state index contributed by atoms with van der Waals surface area (Å²) in [5, 5.41) is 0.811. The zero-order valence-corrected chi connectivity index (χ0v) is 11.2. The first-order valence-electron chi connectivity index (χ1n) is 4.75. The van der Waals surface area contributed by atoms with Crippen molar-refractivity contribution in [3.8, 4) is 5.75 Å². The molecule has 1 rings (SSSR count). The third-order valence-electron chi connectivity index (χ3n) is 1.87.